The quantitative estimate of drug-likeness (QED) is 0.692. The molecular weight excluding hydrogens is 280 g/mol. The molecule has 3 rings (SSSR count). The van der Waals surface area contributed by atoms with Crippen LogP contribution in [0.4, 0.5) is 0 Å². The molecule has 0 aliphatic rings. The van der Waals surface area contributed by atoms with Crippen LogP contribution >= 0.6 is 15.9 Å². The molecule has 2 heterocycles. The Hall–Kier alpha value is -1.75. The zero-order chi connectivity index (χ0) is 11.8. The first-order chi connectivity index (χ1) is 8.24. The van der Waals surface area contributed by atoms with Gasteiger partial charge in [-0.15, -0.1) is 0 Å². The molecule has 2 aromatic heterocycles. The predicted molar refractivity (Wildman–Crippen MR) is 69.1 cm³/mol. The Bertz CT molecular complexity index is 690. The molecule has 0 aliphatic heterocycles. The Morgan fingerprint density at radius 3 is 2.88 bits per heavy atom. The van der Waals surface area contributed by atoms with Crippen LogP contribution in [0.15, 0.2) is 41.4 Å². The van der Waals surface area contributed by atoms with E-state index in [2.05, 4.69) is 31.0 Å². The Balaban J connectivity index is 2.32. The average Bonchev–Trinajstić information content (AvgIpc) is 2.75. The summed E-state index contributed by atoms with van der Waals surface area (Å²) in [5.74, 6) is 0.796. The van der Waals surface area contributed by atoms with Crippen LogP contribution in [-0.2, 0) is 0 Å². The van der Waals surface area contributed by atoms with Crippen molar-refractivity contribution in [3.8, 4) is 5.82 Å². The molecule has 0 radical (unpaired) electrons. The zero-order valence-corrected chi connectivity index (χ0v) is 10.7. The molecule has 0 unspecified atom stereocenters. The first-order valence-corrected chi connectivity index (χ1v) is 5.95. The van der Waals surface area contributed by atoms with Crippen molar-refractivity contribution < 1.29 is 0 Å². The van der Waals surface area contributed by atoms with E-state index in [1.54, 1.807) is 11.0 Å². The van der Waals surface area contributed by atoms with Crippen LogP contribution in [0, 0.1) is 6.92 Å². The van der Waals surface area contributed by atoms with E-state index in [0.29, 0.717) is 0 Å². The van der Waals surface area contributed by atoms with E-state index in [0.717, 1.165) is 26.8 Å². The van der Waals surface area contributed by atoms with Crippen LogP contribution in [0.1, 0.15) is 5.56 Å². The summed E-state index contributed by atoms with van der Waals surface area (Å²) in [6, 6.07) is 5.93. The SMILES string of the molecule is Cc1cnn(-c2ncnc3ccc(Br)cc23)c1. The molecule has 84 valence electrons. The van der Waals surface area contributed by atoms with E-state index in [-0.39, 0.29) is 0 Å². The largest absolute Gasteiger partial charge is 0.236 e. The number of benzene rings is 1. The van der Waals surface area contributed by atoms with Gasteiger partial charge in [-0.05, 0) is 30.7 Å². The van der Waals surface area contributed by atoms with Crippen LogP contribution in [0.25, 0.3) is 16.7 Å². The molecule has 0 saturated carbocycles. The van der Waals surface area contributed by atoms with Gasteiger partial charge in [-0.1, -0.05) is 15.9 Å². The van der Waals surface area contributed by atoms with Gasteiger partial charge in [0, 0.05) is 16.1 Å². The van der Waals surface area contributed by atoms with E-state index < -0.39 is 0 Å². The average molecular weight is 289 g/mol. The summed E-state index contributed by atoms with van der Waals surface area (Å²) in [7, 11) is 0. The van der Waals surface area contributed by atoms with Crippen molar-refractivity contribution in [1.29, 1.82) is 0 Å². The van der Waals surface area contributed by atoms with Crippen molar-refractivity contribution >= 4 is 26.8 Å². The van der Waals surface area contributed by atoms with Crippen molar-refractivity contribution in [2.45, 2.75) is 6.92 Å². The van der Waals surface area contributed by atoms with Crippen molar-refractivity contribution in [2.75, 3.05) is 0 Å². The molecule has 0 fully saturated rings. The maximum absolute atomic E-state index is 4.30. The van der Waals surface area contributed by atoms with Gasteiger partial charge in [0.25, 0.3) is 0 Å². The summed E-state index contributed by atoms with van der Waals surface area (Å²) in [5.41, 5.74) is 2.01. The second kappa shape index (κ2) is 3.92. The van der Waals surface area contributed by atoms with E-state index in [9.17, 15) is 0 Å². The van der Waals surface area contributed by atoms with Crippen LogP contribution in [0.2, 0.25) is 0 Å². The highest BCUT2D eigenvalue weighted by atomic mass is 79.9. The molecule has 0 aliphatic carbocycles. The van der Waals surface area contributed by atoms with Crippen molar-refractivity contribution in [1.82, 2.24) is 19.7 Å². The molecule has 17 heavy (non-hydrogen) atoms. The second-order valence-corrected chi connectivity index (χ2v) is 4.74. The third kappa shape index (κ3) is 1.82. The van der Waals surface area contributed by atoms with Crippen LogP contribution in [0.5, 0.6) is 0 Å². The zero-order valence-electron chi connectivity index (χ0n) is 9.13. The summed E-state index contributed by atoms with van der Waals surface area (Å²) < 4.78 is 2.77. The number of halogens is 1. The highest BCUT2D eigenvalue weighted by Crippen LogP contribution is 2.22. The molecule has 0 bridgehead atoms. The summed E-state index contributed by atoms with van der Waals surface area (Å²) in [6.07, 6.45) is 5.32. The van der Waals surface area contributed by atoms with Gasteiger partial charge >= 0.3 is 0 Å². The maximum atomic E-state index is 4.30. The molecule has 0 saturated heterocycles. The monoisotopic (exact) mass is 288 g/mol. The summed E-state index contributed by atoms with van der Waals surface area (Å²) in [5, 5.41) is 5.25. The van der Waals surface area contributed by atoms with E-state index in [1.165, 1.54) is 0 Å². The van der Waals surface area contributed by atoms with Crippen molar-refractivity contribution in [2.24, 2.45) is 0 Å². The number of hydrogen-bond donors (Lipinski definition) is 0. The fraction of sp³-hybridized carbons (Fsp3) is 0.0833. The van der Waals surface area contributed by atoms with E-state index in [4.69, 9.17) is 0 Å². The second-order valence-electron chi connectivity index (χ2n) is 3.82. The fourth-order valence-corrected chi connectivity index (χ4v) is 2.09. The van der Waals surface area contributed by atoms with Gasteiger partial charge in [-0.25, -0.2) is 14.6 Å². The molecular formula is C12H9BrN4. The van der Waals surface area contributed by atoms with E-state index >= 15 is 0 Å². The minimum Gasteiger partial charge on any atom is -0.236 e. The molecule has 5 heteroatoms. The van der Waals surface area contributed by atoms with Gasteiger partial charge in [-0.3, -0.25) is 0 Å². The first kappa shape index (κ1) is 10.4. The van der Waals surface area contributed by atoms with Gasteiger partial charge in [0.05, 0.1) is 11.7 Å². The predicted octanol–water partition coefficient (Wildman–Crippen LogP) is 2.89. The Kier molecular flexibility index (Phi) is 2.40. The third-order valence-electron chi connectivity index (χ3n) is 2.51. The van der Waals surface area contributed by atoms with Gasteiger partial charge in [-0.2, -0.15) is 5.10 Å². The number of aromatic nitrogens is 4. The number of fused-ring (bicyclic) bond motifs is 1. The number of rotatable bonds is 1. The smallest absolute Gasteiger partial charge is 0.164 e. The van der Waals surface area contributed by atoms with Gasteiger partial charge in [0.1, 0.15) is 6.33 Å². The number of nitrogens with zero attached hydrogens (tertiary/aromatic N) is 4. The topological polar surface area (TPSA) is 43.6 Å². The Morgan fingerprint density at radius 2 is 2.12 bits per heavy atom. The molecule has 0 amide bonds. The minimum absolute atomic E-state index is 0.796. The number of hydrogen-bond acceptors (Lipinski definition) is 3. The Labute approximate surface area is 106 Å². The van der Waals surface area contributed by atoms with Crippen molar-refractivity contribution in [3.05, 3.63) is 47.0 Å². The number of aryl methyl sites for hydroxylation is 1. The molecule has 1 aromatic carbocycles. The lowest BCUT2D eigenvalue weighted by molar-refractivity contribution is 0.850. The summed E-state index contributed by atoms with van der Waals surface area (Å²) in [4.78, 5) is 8.54. The minimum atomic E-state index is 0.796. The first-order valence-electron chi connectivity index (χ1n) is 5.16. The Morgan fingerprint density at radius 1 is 1.24 bits per heavy atom. The van der Waals surface area contributed by atoms with Gasteiger partial charge < -0.3 is 0 Å². The normalized spacial score (nSPS) is 10.9. The van der Waals surface area contributed by atoms with Crippen LogP contribution in [0.3, 0.4) is 0 Å². The molecule has 0 N–H and O–H groups in total. The lowest BCUT2D eigenvalue weighted by atomic mass is 10.2. The summed E-state index contributed by atoms with van der Waals surface area (Å²) >= 11 is 3.46. The van der Waals surface area contributed by atoms with E-state index in [1.807, 2.05) is 37.5 Å². The molecule has 3 aromatic rings. The highest BCUT2D eigenvalue weighted by Gasteiger charge is 2.06. The standard InChI is InChI=1S/C12H9BrN4/c1-8-5-16-17(6-8)12-10-4-9(13)2-3-11(10)14-7-15-12/h2-7H,1H3. The van der Waals surface area contributed by atoms with Gasteiger partial charge in [0.2, 0.25) is 0 Å². The lowest BCUT2D eigenvalue weighted by Crippen LogP contribution is -1.99. The molecule has 4 nitrogen and oxygen atoms in total. The van der Waals surface area contributed by atoms with Crippen molar-refractivity contribution in [3.63, 3.8) is 0 Å². The van der Waals surface area contributed by atoms with Crippen LogP contribution in [-0.4, -0.2) is 19.7 Å². The third-order valence-corrected chi connectivity index (χ3v) is 3.00. The maximum Gasteiger partial charge on any atom is 0.164 e. The summed E-state index contributed by atoms with van der Waals surface area (Å²) in [6.45, 7) is 2.00. The van der Waals surface area contributed by atoms with Gasteiger partial charge in [0.15, 0.2) is 5.82 Å². The molecule has 0 atom stereocenters. The lowest BCUT2D eigenvalue weighted by Gasteiger charge is -2.04. The molecule has 0 spiro atoms. The fourth-order valence-electron chi connectivity index (χ4n) is 1.73. The van der Waals surface area contributed by atoms with Crippen LogP contribution < -0.4 is 0 Å². The highest BCUT2D eigenvalue weighted by molar-refractivity contribution is 9.10.